The summed E-state index contributed by atoms with van der Waals surface area (Å²) in [6.07, 6.45) is 4.61. The molecule has 7 heteroatoms. The third kappa shape index (κ3) is 9.40. The normalized spacial score (nSPS) is 11.6. The SMILES string of the molecule is CCN(CCCCCc1ccccc1)c1ccc(CNCCCP(=O)(O)O)cc1F. The lowest BCUT2D eigenvalue weighted by molar-refractivity contribution is 0.371. The van der Waals surface area contributed by atoms with Gasteiger partial charge in [-0.05, 0) is 62.4 Å². The Morgan fingerprint density at radius 2 is 1.77 bits per heavy atom. The van der Waals surface area contributed by atoms with Crippen molar-refractivity contribution in [1.29, 1.82) is 0 Å². The van der Waals surface area contributed by atoms with E-state index in [1.807, 2.05) is 25.1 Å². The van der Waals surface area contributed by atoms with Crippen molar-refractivity contribution in [3.05, 3.63) is 65.5 Å². The van der Waals surface area contributed by atoms with Crippen LogP contribution in [0.3, 0.4) is 0 Å². The summed E-state index contributed by atoms with van der Waals surface area (Å²) in [6.45, 7) is 4.60. The zero-order valence-corrected chi connectivity index (χ0v) is 18.7. The first-order valence-electron chi connectivity index (χ1n) is 10.7. The molecule has 0 bridgehead atoms. The van der Waals surface area contributed by atoms with E-state index in [4.69, 9.17) is 9.79 Å². The minimum atomic E-state index is -3.94. The van der Waals surface area contributed by atoms with Gasteiger partial charge in [-0.1, -0.05) is 42.8 Å². The largest absolute Gasteiger partial charge is 0.369 e. The molecule has 0 saturated heterocycles. The molecule has 2 rings (SSSR count). The van der Waals surface area contributed by atoms with Crippen molar-refractivity contribution in [2.24, 2.45) is 0 Å². The second kappa shape index (κ2) is 12.9. The smallest absolute Gasteiger partial charge is 0.325 e. The van der Waals surface area contributed by atoms with E-state index in [0.717, 1.165) is 44.3 Å². The number of nitrogens with one attached hydrogen (secondary N) is 1. The van der Waals surface area contributed by atoms with Gasteiger partial charge >= 0.3 is 7.60 Å². The molecule has 0 unspecified atom stereocenters. The average Bonchev–Trinajstić information content (AvgIpc) is 2.71. The molecule has 0 fully saturated rings. The summed E-state index contributed by atoms with van der Waals surface area (Å²) >= 11 is 0. The number of halogens is 1. The molecule has 0 aliphatic carbocycles. The van der Waals surface area contributed by atoms with Crippen LogP contribution >= 0.6 is 7.60 Å². The quantitative estimate of drug-likeness (QED) is 0.295. The maximum absolute atomic E-state index is 14.6. The van der Waals surface area contributed by atoms with Gasteiger partial charge in [0.25, 0.3) is 0 Å². The Morgan fingerprint density at radius 3 is 2.43 bits per heavy atom. The highest BCUT2D eigenvalue weighted by molar-refractivity contribution is 7.51. The highest BCUT2D eigenvalue weighted by atomic mass is 31.2. The van der Waals surface area contributed by atoms with Gasteiger partial charge in [-0.2, -0.15) is 0 Å². The molecule has 2 aromatic carbocycles. The van der Waals surface area contributed by atoms with Crippen molar-refractivity contribution in [3.8, 4) is 0 Å². The predicted octanol–water partition coefficient (Wildman–Crippen LogP) is 4.72. The van der Waals surface area contributed by atoms with Crippen molar-refractivity contribution in [1.82, 2.24) is 5.32 Å². The lowest BCUT2D eigenvalue weighted by Gasteiger charge is -2.24. The molecule has 3 N–H and O–H groups in total. The van der Waals surface area contributed by atoms with E-state index in [1.165, 1.54) is 5.56 Å². The molecule has 0 saturated carbocycles. The summed E-state index contributed by atoms with van der Waals surface area (Å²) in [6, 6.07) is 15.8. The Labute approximate surface area is 179 Å². The summed E-state index contributed by atoms with van der Waals surface area (Å²) < 4.78 is 25.5. The molecule has 0 atom stereocenters. The molecule has 30 heavy (non-hydrogen) atoms. The van der Waals surface area contributed by atoms with E-state index in [0.29, 0.717) is 25.2 Å². The van der Waals surface area contributed by atoms with Crippen LogP contribution in [0.5, 0.6) is 0 Å². The van der Waals surface area contributed by atoms with Gasteiger partial charge in [-0.3, -0.25) is 4.57 Å². The van der Waals surface area contributed by atoms with Crippen LogP contribution in [0.1, 0.15) is 43.7 Å². The number of rotatable bonds is 14. The number of unbranched alkanes of at least 4 members (excludes halogenated alkanes) is 2. The van der Waals surface area contributed by atoms with Crippen LogP contribution in [0, 0.1) is 5.82 Å². The lowest BCUT2D eigenvalue weighted by atomic mass is 10.1. The molecular formula is C23H34FN2O3P. The summed E-state index contributed by atoms with van der Waals surface area (Å²) in [7, 11) is -3.94. The monoisotopic (exact) mass is 436 g/mol. The number of hydrogen-bond donors (Lipinski definition) is 3. The maximum atomic E-state index is 14.6. The number of aryl methyl sites for hydroxylation is 1. The Morgan fingerprint density at radius 1 is 1.00 bits per heavy atom. The fourth-order valence-corrected chi connectivity index (χ4v) is 4.03. The van der Waals surface area contributed by atoms with Crippen LogP contribution in [0.15, 0.2) is 48.5 Å². The van der Waals surface area contributed by atoms with Crippen LogP contribution in [-0.2, 0) is 17.5 Å². The fourth-order valence-electron chi connectivity index (χ4n) is 3.46. The Kier molecular flexibility index (Phi) is 10.5. The molecule has 0 heterocycles. The van der Waals surface area contributed by atoms with Crippen LogP contribution in [0.4, 0.5) is 10.1 Å². The maximum Gasteiger partial charge on any atom is 0.325 e. The minimum Gasteiger partial charge on any atom is -0.369 e. The van der Waals surface area contributed by atoms with Gasteiger partial charge in [0, 0.05) is 19.6 Å². The molecule has 2 aromatic rings. The van der Waals surface area contributed by atoms with Crippen molar-refractivity contribution >= 4 is 13.3 Å². The number of benzene rings is 2. The predicted molar refractivity (Wildman–Crippen MR) is 122 cm³/mol. The average molecular weight is 437 g/mol. The van der Waals surface area contributed by atoms with Crippen molar-refractivity contribution in [2.75, 3.05) is 30.7 Å². The third-order valence-electron chi connectivity index (χ3n) is 5.10. The van der Waals surface area contributed by atoms with Gasteiger partial charge in [0.05, 0.1) is 11.8 Å². The zero-order chi connectivity index (χ0) is 21.8. The Balaban J connectivity index is 1.73. The van der Waals surface area contributed by atoms with E-state index in [9.17, 15) is 8.96 Å². The van der Waals surface area contributed by atoms with Gasteiger partial charge < -0.3 is 20.0 Å². The molecule has 0 aliphatic rings. The number of anilines is 1. The van der Waals surface area contributed by atoms with Gasteiger partial charge in [0.1, 0.15) is 5.82 Å². The second-order valence-electron chi connectivity index (χ2n) is 7.58. The fraction of sp³-hybridized carbons (Fsp3) is 0.478. The van der Waals surface area contributed by atoms with E-state index in [-0.39, 0.29) is 12.0 Å². The minimum absolute atomic E-state index is 0.135. The zero-order valence-electron chi connectivity index (χ0n) is 17.8. The van der Waals surface area contributed by atoms with Gasteiger partial charge in [0.15, 0.2) is 0 Å². The Bertz CT molecular complexity index is 798. The van der Waals surface area contributed by atoms with Crippen molar-refractivity contribution in [2.45, 2.75) is 45.6 Å². The van der Waals surface area contributed by atoms with Gasteiger partial charge in [-0.15, -0.1) is 0 Å². The molecule has 0 amide bonds. The van der Waals surface area contributed by atoms with Crippen LogP contribution in [0.25, 0.3) is 0 Å². The van der Waals surface area contributed by atoms with E-state index in [2.05, 4.69) is 34.5 Å². The van der Waals surface area contributed by atoms with Crippen LogP contribution in [-0.4, -0.2) is 35.6 Å². The first-order valence-corrected chi connectivity index (χ1v) is 12.5. The second-order valence-corrected chi connectivity index (χ2v) is 9.36. The standard InChI is InChI=1S/C23H34FN2O3P/c1-2-26(16-8-4-7-12-20-10-5-3-6-11-20)23-14-13-21(18-22(23)24)19-25-15-9-17-30(27,28)29/h3,5-6,10-11,13-14,18,25H,2,4,7-9,12,15-17,19H2,1H3,(H2,27,28,29). The van der Waals surface area contributed by atoms with E-state index in [1.54, 1.807) is 6.07 Å². The Hall–Kier alpha value is -1.72. The van der Waals surface area contributed by atoms with Gasteiger partial charge in [-0.25, -0.2) is 4.39 Å². The van der Waals surface area contributed by atoms with E-state index < -0.39 is 7.60 Å². The molecule has 5 nitrogen and oxygen atoms in total. The van der Waals surface area contributed by atoms with Crippen LogP contribution < -0.4 is 10.2 Å². The summed E-state index contributed by atoms with van der Waals surface area (Å²) in [4.78, 5) is 19.8. The number of hydrogen-bond acceptors (Lipinski definition) is 3. The van der Waals surface area contributed by atoms with Crippen molar-refractivity contribution < 1.29 is 18.7 Å². The molecule has 166 valence electrons. The summed E-state index contributed by atoms with van der Waals surface area (Å²) in [5, 5.41) is 3.10. The molecule has 0 spiro atoms. The van der Waals surface area contributed by atoms with E-state index >= 15 is 0 Å². The highest BCUT2D eigenvalue weighted by Crippen LogP contribution is 2.34. The van der Waals surface area contributed by atoms with Gasteiger partial charge in [0.2, 0.25) is 0 Å². The van der Waals surface area contributed by atoms with Crippen LogP contribution in [0.2, 0.25) is 0 Å². The molecule has 0 aliphatic heterocycles. The first-order chi connectivity index (χ1) is 14.4. The molecule has 0 radical (unpaired) electrons. The summed E-state index contributed by atoms with van der Waals surface area (Å²) in [5.41, 5.74) is 2.82. The first kappa shape index (κ1) is 24.5. The lowest BCUT2D eigenvalue weighted by Crippen LogP contribution is -2.25. The molecule has 0 aromatic heterocycles. The third-order valence-corrected chi connectivity index (χ3v) is 6.00. The molecular weight excluding hydrogens is 402 g/mol. The van der Waals surface area contributed by atoms with Crippen molar-refractivity contribution in [3.63, 3.8) is 0 Å². The number of nitrogens with zero attached hydrogens (tertiary/aromatic N) is 1. The topological polar surface area (TPSA) is 72.8 Å². The summed E-state index contributed by atoms with van der Waals surface area (Å²) in [5.74, 6) is -0.226. The highest BCUT2D eigenvalue weighted by Gasteiger charge is 2.12.